The van der Waals surface area contributed by atoms with E-state index in [9.17, 15) is 0 Å². The summed E-state index contributed by atoms with van der Waals surface area (Å²) in [5.74, 6) is 2.87. The molecule has 1 aliphatic rings. The molecule has 1 aliphatic carbocycles. The SMILES string of the molecule is CCOc1cc(NCC2CC(N)C2)nc(C)n1. The van der Waals surface area contributed by atoms with Crippen molar-refractivity contribution in [3.8, 4) is 5.88 Å². The van der Waals surface area contributed by atoms with E-state index < -0.39 is 0 Å². The van der Waals surface area contributed by atoms with Gasteiger partial charge in [0.15, 0.2) is 0 Å². The molecule has 0 aromatic carbocycles. The minimum Gasteiger partial charge on any atom is -0.478 e. The average Bonchev–Trinajstić information content (AvgIpc) is 2.22. The van der Waals surface area contributed by atoms with E-state index in [-0.39, 0.29) is 0 Å². The van der Waals surface area contributed by atoms with Gasteiger partial charge in [-0.25, -0.2) is 4.98 Å². The maximum Gasteiger partial charge on any atom is 0.218 e. The lowest BCUT2D eigenvalue weighted by molar-refractivity contribution is 0.279. The van der Waals surface area contributed by atoms with Crippen molar-refractivity contribution in [2.45, 2.75) is 32.7 Å². The second-order valence-electron chi connectivity index (χ2n) is 4.55. The van der Waals surface area contributed by atoms with Gasteiger partial charge in [-0.05, 0) is 32.6 Å². The number of nitrogens with zero attached hydrogens (tertiary/aromatic N) is 2. The summed E-state index contributed by atoms with van der Waals surface area (Å²) in [7, 11) is 0. The molecule has 1 fully saturated rings. The summed E-state index contributed by atoms with van der Waals surface area (Å²) in [5.41, 5.74) is 5.75. The Kier molecular flexibility index (Phi) is 3.78. The number of nitrogens with one attached hydrogen (secondary N) is 1. The first-order valence-corrected chi connectivity index (χ1v) is 6.15. The standard InChI is InChI=1S/C12H20N4O/c1-3-17-12-6-11(15-8(2)16-12)14-7-9-4-10(13)5-9/h6,9-10H,3-5,7,13H2,1-2H3,(H,14,15,16). The van der Waals surface area contributed by atoms with Crippen molar-refractivity contribution in [1.29, 1.82) is 0 Å². The molecule has 0 aliphatic heterocycles. The van der Waals surface area contributed by atoms with E-state index in [1.165, 1.54) is 0 Å². The molecule has 0 saturated heterocycles. The lowest BCUT2D eigenvalue weighted by atomic mass is 9.81. The molecule has 0 atom stereocenters. The molecule has 0 amide bonds. The minimum atomic E-state index is 0.396. The lowest BCUT2D eigenvalue weighted by Crippen LogP contribution is -2.39. The highest BCUT2D eigenvalue weighted by molar-refractivity contribution is 5.38. The van der Waals surface area contributed by atoms with Gasteiger partial charge in [0, 0.05) is 18.7 Å². The highest BCUT2D eigenvalue weighted by Gasteiger charge is 2.25. The van der Waals surface area contributed by atoms with Crippen molar-refractivity contribution in [3.05, 3.63) is 11.9 Å². The monoisotopic (exact) mass is 236 g/mol. The van der Waals surface area contributed by atoms with Crippen LogP contribution in [0.25, 0.3) is 0 Å². The topological polar surface area (TPSA) is 73.1 Å². The van der Waals surface area contributed by atoms with Crippen LogP contribution in [-0.4, -0.2) is 29.2 Å². The van der Waals surface area contributed by atoms with Gasteiger partial charge in [0.1, 0.15) is 11.6 Å². The van der Waals surface area contributed by atoms with E-state index in [2.05, 4.69) is 15.3 Å². The number of aromatic nitrogens is 2. The second kappa shape index (κ2) is 5.31. The molecule has 5 nitrogen and oxygen atoms in total. The van der Waals surface area contributed by atoms with Gasteiger partial charge >= 0.3 is 0 Å². The zero-order valence-electron chi connectivity index (χ0n) is 10.4. The molecule has 3 N–H and O–H groups in total. The minimum absolute atomic E-state index is 0.396. The average molecular weight is 236 g/mol. The highest BCUT2D eigenvalue weighted by atomic mass is 16.5. The summed E-state index contributed by atoms with van der Waals surface area (Å²) in [6.07, 6.45) is 2.21. The van der Waals surface area contributed by atoms with Crippen LogP contribution in [0.1, 0.15) is 25.6 Å². The van der Waals surface area contributed by atoms with Crippen LogP contribution in [0, 0.1) is 12.8 Å². The Hall–Kier alpha value is -1.36. The van der Waals surface area contributed by atoms with E-state index >= 15 is 0 Å². The molecule has 94 valence electrons. The number of nitrogens with two attached hydrogens (primary N) is 1. The third kappa shape index (κ3) is 3.30. The Morgan fingerprint density at radius 1 is 1.47 bits per heavy atom. The number of anilines is 1. The number of aryl methyl sites for hydroxylation is 1. The molecule has 1 aromatic heterocycles. The molecule has 1 heterocycles. The van der Waals surface area contributed by atoms with Crippen LogP contribution in [0.5, 0.6) is 5.88 Å². The normalized spacial score (nSPS) is 23.0. The van der Waals surface area contributed by atoms with Crippen LogP contribution in [-0.2, 0) is 0 Å². The number of hydrogen-bond donors (Lipinski definition) is 2. The zero-order valence-corrected chi connectivity index (χ0v) is 10.4. The Morgan fingerprint density at radius 2 is 2.24 bits per heavy atom. The first-order chi connectivity index (χ1) is 8.17. The molecule has 1 aromatic rings. The van der Waals surface area contributed by atoms with Crippen LogP contribution < -0.4 is 15.8 Å². The summed E-state index contributed by atoms with van der Waals surface area (Å²) in [6.45, 7) is 5.36. The molecule has 2 rings (SSSR count). The van der Waals surface area contributed by atoms with E-state index in [1.54, 1.807) is 0 Å². The van der Waals surface area contributed by atoms with E-state index in [0.29, 0.717) is 24.4 Å². The largest absolute Gasteiger partial charge is 0.478 e. The molecule has 5 heteroatoms. The Bertz CT molecular complexity index is 377. The van der Waals surface area contributed by atoms with Gasteiger partial charge in [0.25, 0.3) is 0 Å². The van der Waals surface area contributed by atoms with Gasteiger partial charge in [-0.1, -0.05) is 0 Å². The Labute approximate surface area is 102 Å². The van der Waals surface area contributed by atoms with Gasteiger partial charge in [-0.15, -0.1) is 0 Å². The quantitative estimate of drug-likeness (QED) is 0.807. The summed E-state index contributed by atoms with van der Waals surface area (Å²) >= 11 is 0. The lowest BCUT2D eigenvalue weighted by Gasteiger charge is -2.32. The third-order valence-electron chi connectivity index (χ3n) is 2.95. The van der Waals surface area contributed by atoms with Crippen LogP contribution in [0.2, 0.25) is 0 Å². The molecule has 0 unspecified atom stereocenters. The van der Waals surface area contributed by atoms with Crippen molar-refractivity contribution in [2.75, 3.05) is 18.5 Å². The third-order valence-corrected chi connectivity index (χ3v) is 2.95. The molecule has 17 heavy (non-hydrogen) atoms. The molecule has 1 saturated carbocycles. The van der Waals surface area contributed by atoms with Gasteiger partial charge in [0.2, 0.25) is 5.88 Å². The highest BCUT2D eigenvalue weighted by Crippen LogP contribution is 2.25. The van der Waals surface area contributed by atoms with E-state index in [4.69, 9.17) is 10.5 Å². The number of rotatable bonds is 5. The summed E-state index contributed by atoms with van der Waals surface area (Å²) in [4.78, 5) is 8.54. The van der Waals surface area contributed by atoms with Crippen molar-refractivity contribution in [2.24, 2.45) is 11.7 Å². The maximum absolute atomic E-state index is 5.75. The van der Waals surface area contributed by atoms with Gasteiger partial charge < -0.3 is 15.8 Å². The van der Waals surface area contributed by atoms with Gasteiger partial charge in [-0.2, -0.15) is 4.98 Å². The van der Waals surface area contributed by atoms with Gasteiger partial charge in [-0.3, -0.25) is 0 Å². The molecule has 0 radical (unpaired) electrons. The fourth-order valence-electron chi connectivity index (χ4n) is 2.06. The Morgan fingerprint density at radius 3 is 2.88 bits per heavy atom. The van der Waals surface area contributed by atoms with Crippen molar-refractivity contribution >= 4 is 5.82 Å². The van der Waals surface area contributed by atoms with Crippen LogP contribution in [0.4, 0.5) is 5.82 Å². The van der Waals surface area contributed by atoms with Crippen LogP contribution >= 0.6 is 0 Å². The molecule has 0 bridgehead atoms. The maximum atomic E-state index is 5.75. The summed E-state index contributed by atoms with van der Waals surface area (Å²) < 4.78 is 5.38. The van der Waals surface area contributed by atoms with Crippen LogP contribution in [0.3, 0.4) is 0 Å². The first-order valence-electron chi connectivity index (χ1n) is 6.15. The number of hydrogen-bond acceptors (Lipinski definition) is 5. The number of ether oxygens (including phenoxy) is 1. The van der Waals surface area contributed by atoms with Crippen molar-refractivity contribution < 1.29 is 4.74 Å². The molecule has 0 spiro atoms. The van der Waals surface area contributed by atoms with Crippen LogP contribution in [0.15, 0.2) is 6.07 Å². The summed E-state index contributed by atoms with van der Waals surface area (Å²) in [6, 6.07) is 2.24. The Balaban J connectivity index is 1.90. The van der Waals surface area contributed by atoms with Gasteiger partial charge in [0.05, 0.1) is 6.61 Å². The second-order valence-corrected chi connectivity index (χ2v) is 4.55. The zero-order chi connectivity index (χ0) is 12.3. The molecular weight excluding hydrogens is 216 g/mol. The smallest absolute Gasteiger partial charge is 0.218 e. The van der Waals surface area contributed by atoms with Crippen molar-refractivity contribution in [1.82, 2.24) is 9.97 Å². The van der Waals surface area contributed by atoms with Crippen molar-refractivity contribution in [3.63, 3.8) is 0 Å². The predicted molar refractivity (Wildman–Crippen MR) is 67.1 cm³/mol. The van der Waals surface area contributed by atoms with E-state index in [1.807, 2.05) is 19.9 Å². The van der Waals surface area contributed by atoms with E-state index in [0.717, 1.165) is 31.0 Å². The fourth-order valence-corrected chi connectivity index (χ4v) is 2.06. The fraction of sp³-hybridized carbons (Fsp3) is 0.667. The first kappa shape index (κ1) is 12.1. The molecular formula is C12H20N4O. The predicted octanol–water partition coefficient (Wildman–Crippen LogP) is 1.33. The summed E-state index contributed by atoms with van der Waals surface area (Å²) in [5, 5.41) is 3.32.